The molecule has 3 rings (SSSR count). The van der Waals surface area contributed by atoms with Crippen LogP contribution >= 0.6 is 0 Å². The van der Waals surface area contributed by atoms with Crippen LogP contribution in [0.15, 0.2) is 30.3 Å². The van der Waals surface area contributed by atoms with Gasteiger partial charge in [0, 0.05) is 39.9 Å². The molecule has 2 heterocycles. The summed E-state index contributed by atoms with van der Waals surface area (Å²) < 4.78 is 10.8. The van der Waals surface area contributed by atoms with Crippen molar-refractivity contribution in [3.63, 3.8) is 0 Å². The summed E-state index contributed by atoms with van der Waals surface area (Å²) in [5, 5.41) is 0. The van der Waals surface area contributed by atoms with Crippen LogP contribution in [0.1, 0.15) is 24.8 Å². The number of hydrogen-bond donors (Lipinski definition) is 0. The average molecular weight is 332 g/mol. The molecule has 0 N–H and O–H groups in total. The predicted octanol–water partition coefficient (Wildman–Crippen LogP) is 2.64. The first kappa shape index (κ1) is 17.9. The zero-order valence-electron chi connectivity index (χ0n) is 15.2. The summed E-state index contributed by atoms with van der Waals surface area (Å²) in [6.45, 7) is 7.42. The highest BCUT2D eigenvalue weighted by atomic mass is 16.5. The van der Waals surface area contributed by atoms with Crippen molar-refractivity contribution in [1.82, 2.24) is 9.80 Å². The van der Waals surface area contributed by atoms with E-state index in [0.717, 1.165) is 26.3 Å². The Balaban J connectivity index is 1.54. The van der Waals surface area contributed by atoms with Crippen molar-refractivity contribution in [3.8, 4) is 0 Å². The van der Waals surface area contributed by atoms with Gasteiger partial charge in [0.05, 0.1) is 13.2 Å². The molecular weight excluding hydrogens is 300 g/mol. The molecule has 4 nitrogen and oxygen atoms in total. The van der Waals surface area contributed by atoms with Gasteiger partial charge in [-0.2, -0.15) is 0 Å². The van der Waals surface area contributed by atoms with Gasteiger partial charge >= 0.3 is 0 Å². The summed E-state index contributed by atoms with van der Waals surface area (Å²) in [4.78, 5) is 5.21. The fraction of sp³-hybridized carbons (Fsp3) is 0.700. The van der Waals surface area contributed by atoms with E-state index in [9.17, 15) is 0 Å². The zero-order chi connectivity index (χ0) is 16.8. The lowest BCUT2D eigenvalue weighted by molar-refractivity contribution is 0.0858. The molecule has 0 radical (unpaired) electrons. The summed E-state index contributed by atoms with van der Waals surface area (Å²) in [5.41, 5.74) is 1.92. The molecule has 2 aliphatic heterocycles. The topological polar surface area (TPSA) is 24.9 Å². The van der Waals surface area contributed by atoms with Crippen molar-refractivity contribution in [2.75, 3.05) is 53.6 Å². The van der Waals surface area contributed by atoms with E-state index in [1.165, 1.54) is 44.5 Å². The molecule has 4 heteroatoms. The summed E-state index contributed by atoms with van der Waals surface area (Å²) in [7, 11) is 3.61. The van der Waals surface area contributed by atoms with Gasteiger partial charge in [-0.25, -0.2) is 0 Å². The number of hydrogen-bond acceptors (Lipinski definition) is 4. The number of piperidine rings is 1. The fourth-order valence-corrected chi connectivity index (χ4v) is 4.47. The molecule has 0 bridgehead atoms. The van der Waals surface area contributed by atoms with E-state index in [-0.39, 0.29) is 0 Å². The molecule has 1 spiro atoms. The smallest absolute Gasteiger partial charge is 0.0618 e. The van der Waals surface area contributed by atoms with E-state index < -0.39 is 0 Å². The highest BCUT2D eigenvalue weighted by Crippen LogP contribution is 2.43. The summed E-state index contributed by atoms with van der Waals surface area (Å²) in [6.07, 6.45) is 3.90. The number of methoxy groups -OCH3 is 2. The minimum atomic E-state index is 0.490. The van der Waals surface area contributed by atoms with E-state index in [1.54, 1.807) is 7.11 Å². The van der Waals surface area contributed by atoms with E-state index in [1.807, 2.05) is 7.11 Å². The van der Waals surface area contributed by atoms with E-state index in [2.05, 4.69) is 40.1 Å². The van der Waals surface area contributed by atoms with Gasteiger partial charge in [0.1, 0.15) is 0 Å². The highest BCUT2D eigenvalue weighted by Gasteiger charge is 2.45. The van der Waals surface area contributed by atoms with Crippen molar-refractivity contribution in [2.45, 2.75) is 31.8 Å². The normalized spacial score (nSPS) is 24.7. The molecule has 2 saturated heterocycles. The monoisotopic (exact) mass is 332 g/mol. The second kappa shape index (κ2) is 8.43. The van der Waals surface area contributed by atoms with Gasteiger partial charge in [0.25, 0.3) is 0 Å². The number of ether oxygens (including phenoxy) is 2. The third kappa shape index (κ3) is 4.37. The number of likely N-dealkylation sites (tertiary alicyclic amines) is 2. The van der Waals surface area contributed by atoms with Crippen LogP contribution in [0, 0.1) is 5.41 Å². The van der Waals surface area contributed by atoms with Gasteiger partial charge in [0.15, 0.2) is 0 Å². The van der Waals surface area contributed by atoms with Crippen LogP contribution in [-0.2, 0) is 16.0 Å². The Kier molecular flexibility index (Phi) is 6.28. The maximum Gasteiger partial charge on any atom is 0.0618 e. The lowest BCUT2D eigenvalue weighted by Crippen LogP contribution is -2.41. The van der Waals surface area contributed by atoms with Crippen LogP contribution in [0.3, 0.4) is 0 Å². The molecule has 2 fully saturated rings. The van der Waals surface area contributed by atoms with Gasteiger partial charge < -0.3 is 9.47 Å². The van der Waals surface area contributed by atoms with Crippen LogP contribution in [0.4, 0.5) is 0 Å². The Morgan fingerprint density at radius 1 is 1.08 bits per heavy atom. The molecule has 1 atom stereocenters. The Bertz CT molecular complexity index is 486. The van der Waals surface area contributed by atoms with Crippen molar-refractivity contribution < 1.29 is 9.47 Å². The second-order valence-electron chi connectivity index (χ2n) is 7.54. The third-order valence-corrected chi connectivity index (χ3v) is 5.83. The van der Waals surface area contributed by atoms with E-state index in [0.29, 0.717) is 11.5 Å². The molecule has 0 unspecified atom stereocenters. The first-order valence-corrected chi connectivity index (χ1v) is 9.23. The number of rotatable bonds is 7. The van der Waals surface area contributed by atoms with Gasteiger partial charge in [0.2, 0.25) is 0 Å². The third-order valence-electron chi connectivity index (χ3n) is 5.83. The average Bonchev–Trinajstić information content (AvgIpc) is 2.94. The van der Waals surface area contributed by atoms with Crippen molar-refractivity contribution >= 4 is 0 Å². The van der Waals surface area contributed by atoms with Gasteiger partial charge in [-0.1, -0.05) is 30.3 Å². The molecule has 0 saturated carbocycles. The van der Waals surface area contributed by atoms with Crippen LogP contribution < -0.4 is 0 Å². The van der Waals surface area contributed by atoms with Crippen molar-refractivity contribution in [2.24, 2.45) is 5.41 Å². The molecular formula is C20H32N2O2. The molecule has 1 aromatic carbocycles. The summed E-state index contributed by atoms with van der Waals surface area (Å²) in [5.74, 6) is 0. The fourth-order valence-electron chi connectivity index (χ4n) is 4.47. The molecule has 134 valence electrons. The quantitative estimate of drug-likeness (QED) is 0.766. The van der Waals surface area contributed by atoms with Crippen molar-refractivity contribution in [3.05, 3.63) is 35.9 Å². The second-order valence-corrected chi connectivity index (χ2v) is 7.54. The maximum absolute atomic E-state index is 5.48. The Labute approximate surface area is 146 Å². The van der Waals surface area contributed by atoms with Crippen LogP contribution in [0.25, 0.3) is 0 Å². The lowest BCUT2D eigenvalue weighted by Gasteiger charge is -2.39. The summed E-state index contributed by atoms with van der Waals surface area (Å²) in [6, 6.07) is 11.4. The Hall–Kier alpha value is -0.940. The SMILES string of the molecule is COCCN1CC2(CCN(Cc3ccccc3)CC2)C[C@H]1COC. The molecule has 2 aliphatic rings. The van der Waals surface area contributed by atoms with Crippen LogP contribution in [-0.4, -0.2) is 69.5 Å². The Morgan fingerprint density at radius 2 is 1.83 bits per heavy atom. The minimum absolute atomic E-state index is 0.490. The number of nitrogens with zero attached hydrogens (tertiary/aromatic N) is 2. The molecule has 0 aromatic heterocycles. The first-order chi connectivity index (χ1) is 11.7. The zero-order valence-corrected chi connectivity index (χ0v) is 15.2. The molecule has 0 aliphatic carbocycles. The van der Waals surface area contributed by atoms with E-state index in [4.69, 9.17) is 9.47 Å². The highest BCUT2D eigenvalue weighted by molar-refractivity contribution is 5.14. The van der Waals surface area contributed by atoms with Crippen LogP contribution in [0.2, 0.25) is 0 Å². The predicted molar refractivity (Wildman–Crippen MR) is 97.1 cm³/mol. The lowest BCUT2D eigenvalue weighted by atomic mass is 9.76. The largest absolute Gasteiger partial charge is 0.383 e. The summed E-state index contributed by atoms with van der Waals surface area (Å²) >= 11 is 0. The Morgan fingerprint density at radius 3 is 2.50 bits per heavy atom. The first-order valence-electron chi connectivity index (χ1n) is 9.23. The van der Waals surface area contributed by atoms with Gasteiger partial charge in [-0.15, -0.1) is 0 Å². The standard InChI is InChI=1S/C20H32N2O2/c1-23-13-12-22-17-20(14-19(22)16-24-2)8-10-21(11-9-20)15-18-6-4-3-5-7-18/h3-7,19H,8-17H2,1-2H3/t19-/m0/s1. The van der Waals surface area contributed by atoms with Gasteiger partial charge in [-0.05, 0) is 43.3 Å². The molecule has 0 amide bonds. The van der Waals surface area contributed by atoms with Gasteiger partial charge in [-0.3, -0.25) is 9.80 Å². The molecule has 24 heavy (non-hydrogen) atoms. The minimum Gasteiger partial charge on any atom is -0.383 e. The van der Waals surface area contributed by atoms with Crippen LogP contribution in [0.5, 0.6) is 0 Å². The van der Waals surface area contributed by atoms with E-state index >= 15 is 0 Å². The van der Waals surface area contributed by atoms with Crippen molar-refractivity contribution in [1.29, 1.82) is 0 Å². The maximum atomic E-state index is 5.48. The number of benzene rings is 1. The molecule has 1 aromatic rings.